The van der Waals surface area contributed by atoms with Crippen LogP contribution >= 0.6 is 48.6 Å². The Balaban J connectivity index is 0.00000220. The van der Waals surface area contributed by atoms with E-state index in [2.05, 4.69) is 10.2 Å². The number of nitrogens with two attached hydrogens (primary N) is 1. The highest BCUT2D eigenvalue weighted by molar-refractivity contribution is 7.59. The van der Waals surface area contributed by atoms with Crippen LogP contribution in [-0.2, 0) is 24.4 Å². The van der Waals surface area contributed by atoms with Gasteiger partial charge < -0.3 is 31.1 Å². The van der Waals surface area contributed by atoms with Crippen LogP contribution in [0.5, 0.6) is 0 Å². The van der Waals surface area contributed by atoms with E-state index in [9.17, 15) is 19.8 Å². The number of amides is 2. The van der Waals surface area contributed by atoms with E-state index in [1.54, 1.807) is 35.6 Å². The van der Waals surface area contributed by atoms with Crippen molar-refractivity contribution in [2.45, 2.75) is 25.7 Å². The number of nitrogens with one attached hydrogen (secondary N) is 1. The lowest BCUT2D eigenvalue weighted by molar-refractivity contribution is -0.132. The molecule has 3 heterocycles. The third kappa shape index (κ3) is 7.13. The second-order valence-corrected chi connectivity index (χ2v) is 11.2. The first-order valence-corrected chi connectivity index (χ1v) is 14.0. The molecule has 5 rings (SSSR count). The van der Waals surface area contributed by atoms with Gasteiger partial charge in [0, 0.05) is 48.7 Å². The lowest BCUT2D eigenvalue weighted by Crippen LogP contribution is -2.53. The molecule has 40 heavy (non-hydrogen) atoms. The first kappa shape index (κ1) is 31.8. The number of aromatic nitrogens is 1. The van der Waals surface area contributed by atoms with Crippen LogP contribution < -0.4 is 16.0 Å². The average Bonchev–Trinajstić information content (AvgIpc) is 3.62. The van der Waals surface area contributed by atoms with Gasteiger partial charge in [-0.2, -0.15) is 13.5 Å². The first-order valence-electron chi connectivity index (χ1n) is 12.3. The molecule has 0 aliphatic carbocycles. The molecule has 0 radical (unpaired) electrons. The van der Waals surface area contributed by atoms with E-state index in [0.717, 1.165) is 20.2 Å². The maximum atomic E-state index is 12.9. The van der Waals surface area contributed by atoms with Gasteiger partial charge >= 0.3 is 0 Å². The summed E-state index contributed by atoms with van der Waals surface area (Å²) in [7, 11) is 0. The van der Waals surface area contributed by atoms with Crippen molar-refractivity contribution in [3.8, 4) is 0 Å². The number of aliphatic hydroxyl groups is 2. The number of carbonyl (C=O) groups excluding carboxylic acids is 2. The summed E-state index contributed by atoms with van der Waals surface area (Å²) < 4.78 is 0.899. The van der Waals surface area contributed by atoms with Crippen LogP contribution in [0, 0.1) is 0 Å². The molecule has 0 unspecified atom stereocenters. The van der Waals surface area contributed by atoms with E-state index in [-0.39, 0.29) is 50.9 Å². The number of nitrogens with zero attached hydrogens (tertiary/aromatic N) is 3. The van der Waals surface area contributed by atoms with Crippen LogP contribution in [-0.4, -0.2) is 64.1 Å². The summed E-state index contributed by atoms with van der Waals surface area (Å²) in [5.74, 6) is -0.288. The van der Waals surface area contributed by atoms with Crippen molar-refractivity contribution in [1.29, 1.82) is 0 Å². The molecular weight excluding hydrogens is 590 g/mol. The maximum Gasteiger partial charge on any atom is 0.255 e. The molecule has 5 N–H and O–H groups in total. The third-order valence-corrected chi connectivity index (χ3v) is 8.60. The van der Waals surface area contributed by atoms with E-state index in [4.69, 9.17) is 10.7 Å². The molecular formula is C27H32ClN5O4S3. The molecule has 0 saturated carbocycles. The second-order valence-electron chi connectivity index (χ2n) is 9.14. The molecule has 0 bridgehead atoms. The Kier molecular flexibility index (Phi) is 11.3. The Morgan fingerprint density at radius 1 is 1.02 bits per heavy atom. The number of aliphatic hydroxyl groups excluding tert-OH is 2. The monoisotopic (exact) mass is 621 g/mol. The number of fused-ring (bicyclic) bond motifs is 1. The van der Waals surface area contributed by atoms with E-state index in [0.29, 0.717) is 55.0 Å². The molecule has 214 valence electrons. The summed E-state index contributed by atoms with van der Waals surface area (Å²) in [6.45, 7) is 2.11. The van der Waals surface area contributed by atoms with Crippen LogP contribution in [0.3, 0.4) is 0 Å². The predicted octanol–water partition coefficient (Wildman–Crippen LogP) is 3.35. The number of rotatable bonds is 8. The molecule has 1 fully saturated rings. The Morgan fingerprint density at radius 2 is 1.77 bits per heavy atom. The molecule has 4 aromatic rings. The number of piperazine rings is 1. The zero-order valence-electron chi connectivity index (χ0n) is 21.6. The number of thiophene rings is 1. The minimum absolute atomic E-state index is 0. The van der Waals surface area contributed by atoms with Crippen molar-refractivity contribution >= 4 is 81.4 Å². The van der Waals surface area contributed by atoms with Gasteiger partial charge in [0.1, 0.15) is 0 Å². The lowest BCUT2D eigenvalue weighted by Gasteiger charge is -2.35. The van der Waals surface area contributed by atoms with Gasteiger partial charge in [-0.15, -0.1) is 23.7 Å². The lowest BCUT2D eigenvalue weighted by atomic mass is 10.1. The highest BCUT2D eigenvalue weighted by Gasteiger charge is 2.27. The van der Waals surface area contributed by atoms with E-state index in [1.165, 1.54) is 11.3 Å². The molecule has 0 spiro atoms. The topological polar surface area (TPSA) is 132 Å². The molecule has 2 aromatic heterocycles. The van der Waals surface area contributed by atoms with Crippen LogP contribution in [0.4, 0.5) is 10.8 Å². The largest absolute Gasteiger partial charge is 0.392 e. The molecule has 1 saturated heterocycles. The van der Waals surface area contributed by atoms with Gasteiger partial charge in [-0.25, -0.2) is 4.98 Å². The van der Waals surface area contributed by atoms with Gasteiger partial charge in [0.2, 0.25) is 5.91 Å². The Bertz CT molecular complexity index is 1440. The summed E-state index contributed by atoms with van der Waals surface area (Å²) in [6, 6.07) is 13.9. The second kappa shape index (κ2) is 14.3. The summed E-state index contributed by atoms with van der Waals surface area (Å²) in [5, 5.41) is 24.6. The molecule has 1 aliphatic rings. The summed E-state index contributed by atoms with van der Waals surface area (Å²) in [4.78, 5) is 35.6. The molecule has 1 atom stereocenters. The SMILES string of the molecule is Cl.N[C@@H](Cc1cccs1)C(=O)N1CCN(c2nc3ccc(C(=O)Nc4ccc(CO)c(CO)c4)cc3s2)CC1.S. The Hall–Kier alpha value is -2.71. The van der Waals surface area contributed by atoms with Gasteiger partial charge in [0.15, 0.2) is 5.13 Å². The number of hydrogen-bond acceptors (Lipinski definition) is 9. The zero-order chi connectivity index (χ0) is 26.6. The van der Waals surface area contributed by atoms with Crippen molar-refractivity contribution in [2.75, 3.05) is 36.4 Å². The molecule has 2 aromatic carbocycles. The summed E-state index contributed by atoms with van der Waals surface area (Å²) in [5.41, 5.74) is 9.24. The highest BCUT2D eigenvalue weighted by atomic mass is 35.5. The van der Waals surface area contributed by atoms with Gasteiger partial charge in [0.05, 0.1) is 29.5 Å². The van der Waals surface area contributed by atoms with E-state index in [1.807, 2.05) is 34.5 Å². The van der Waals surface area contributed by atoms with E-state index < -0.39 is 6.04 Å². The minimum atomic E-state index is -0.532. The minimum Gasteiger partial charge on any atom is -0.392 e. The van der Waals surface area contributed by atoms with Crippen molar-refractivity contribution in [2.24, 2.45) is 5.73 Å². The highest BCUT2D eigenvalue weighted by Crippen LogP contribution is 2.30. The number of anilines is 2. The van der Waals surface area contributed by atoms with Crippen LogP contribution in [0.25, 0.3) is 10.2 Å². The molecule has 1 aliphatic heterocycles. The van der Waals surface area contributed by atoms with Gasteiger partial charge in [-0.1, -0.05) is 23.5 Å². The van der Waals surface area contributed by atoms with Crippen molar-refractivity contribution in [1.82, 2.24) is 9.88 Å². The number of thiazole rings is 1. The summed E-state index contributed by atoms with van der Waals surface area (Å²) >= 11 is 3.13. The fraction of sp³-hybridized carbons (Fsp3) is 0.296. The Labute approximate surface area is 253 Å². The number of benzene rings is 2. The summed E-state index contributed by atoms with van der Waals surface area (Å²) in [6.07, 6.45) is 0.557. The fourth-order valence-electron chi connectivity index (χ4n) is 4.48. The molecule has 2 amide bonds. The fourth-order valence-corrected chi connectivity index (χ4v) is 6.30. The van der Waals surface area contributed by atoms with Crippen molar-refractivity contribution in [3.05, 3.63) is 75.5 Å². The number of hydrogen-bond donors (Lipinski definition) is 4. The van der Waals surface area contributed by atoms with Crippen molar-refractivity contribution in [3.63, 3.8) is 0 Å². The zero-order valence-corrected chi connectivity index (χ0v) is 25.0. The molecule has 13 heteroatoms. The number of halogens is 1. The number of carbonyl (C=O) groups is 2. The van der Waals surface area contributed by atoms with Crippen LogP contribution in [0.15, 0.2) is 53.9 Å². The molecule has 9 nitrogen and oxygen atoms in total. The smallest absolute Gasteiger partial charge is 0.255 e. The standard InChI is InChI=1S/C27H29N5O4S2.ClH.H2S/c28-22(14-21-2-1-11-37-21)26(36)31-7-9-32(10-8-31)27-30-23-6-4-17(13-24(23)38-27)25(35)29-20-5-3-18(15-33)19(12-20)16-34;;/h1-6,11-13,22,33-34H,7-10,14-16,28H2,(H,29,35);1H;1H2/t22-;;/m0../s1. The predicted molar refractivity (Wildman–Crippen MR) is 168 cm³/mol. The van der Waals surface area contributed by atoms with Crippen LogP contribution in [0.1, 0.15) is 26.4 Å². The Morgan fingerprint density at radius 3 is 2.45 bits per heavy atom. The van der Waals surface area contributed by atoms with Crippen LogP contribution in [0.2, 0.25) is 0 Å². The van der Waals surface area contributed by atoms with Gasteiger partial charge in [-0.05, 0) is 52.9 Å². The van der Waals surface area contributed by atoms with Gasteiger partial charge in [-0.3, -0.25) is 9.59 Å². The maximum absolute atomic E-state index is 12.9. The average molecular weight is 622 g/mol. The first-order chi connectivity index (χ1) is 18.4. The third-order valence-electron chi connectivity index (χ3n) is 6.62. The quantitative estimate of drug-likeness (QED) is 0.237. The normalized spacial score (nSPS) is 13.9. The van der Waals surface area contributed by atoms with E-state index >= 15 is 0 Å². The van der Waals surface area contributed by atoms with Gasteiger partial charge in [0.25, 0.3) is 5.91 Å². The van der Waals surface area contributed by atoms with Crippen molar-refractivity contribution < 1.29 is 19.8 Å².